The molecule has 0 spiro atoms. The van der Waals surface area contributed by atoms with Gasteiger partial charge in [-0.2, -0.15) is 0 Å². The number of aryl methyl sites for hydroxylation is 2. The zero-order valence-corrected chi connectivity index (χ0v) is 25.7. The van der Waals surface area contributed by atoms with E-state index in [0.717, 1.165) is 18.4 Å². The first-order chi connectivity index (χ1) is 17.5. The van der Waals surface area contributed by atoms with Gasteiger partial charge in [0.05, 0.1) is 0 Å². The summed E-state index contributed by atoms with van der Waals surface area (Å²) < 4.78 is 0. The molecule has 0 amide bonds. The van der Waals surface area contributed by atoms with Crippen molar-refractivity contribution in [3.05, 3.63) is 52.6 Å². The number of hydrogen-bond acceptors (Lipinski definition) is 1. The minimum Gasteiger partial charge on any atom is -0.507 e. The standard InChI is InChI=1S/C36H58O/c1-9-11-13-15-17-19-21-28-23-24-30(31(25-28)35(3,4)5)34-32(36(6,7)8)26-29(27-33(34)37)22-20-18-16-14-12-10-2/h23-27,37H,9-22H2,1-8H3. The van der Waals surface area contributed by atoms with E-state index in [1.807, 2.05) is 6.07 Å². The van der Waals surface area contributed by atoms with Crippen molar-refractivity contribution in [1.82, 2.24) is 0 Å². The Morgan fingerprint density at radius 2 is 1.00 bits per heavy atom. The fourth-order valence-electron chi connectivity index (χ4n) is 5.51. The van der Waals surface area contributed by atoms with E-state index in [1.54, 1.807) is 0 Å². The van der Waals surface area contributed by atoms with Crippen LogP contribution in [-0.4, -0.2) is 5.11 Å². The van der Waals surface area contributed by atoms with Gasteiger partial charge in [0.15, 0.2) is 0 Å². The van der Waals surface area contributed by atoms with Crippen LogP contribution in [-0.2, 0) is 23.7 Å². The second-order valence-electron chi connectivity index (χ2n) is 13.5. The summed E-state index contributed by atoms with van der Waals surface area (Å²) in [6.07, 6.45) is 17.9. The number of rotatable bonds is 15. The molecular formula is C36H58O. The van der Waals surface area contributed by atoms with Crippen molar-refractivity contribution in [3.63, 3.8) is 0 Å². The lowest BCUT2D eigenvalue weighted by molar-refractivity contribution is 0.472. The van der Waals surface area contributed by atoms with Gasteiger partial charge >= 0.3 is 0 Å². The molecule has 0 saturated carbocycles. The Morgan fingerprint density at radius 1 is 0.541 bits per heavy atom. The number of unbranched alkanes of at least 4 members (excludes halogenated alkanes) is 10. The average Bonchev–Trinajstić information content (AvgIpc) is 2.82. The number of aromatic hydroxyl groups is 1. The Labute approximate surface area is 230 Å². The predicted molar refractivity (Wildman–Crippen MR) is 165 cm³/mol. The quantitative estimate of drug-likeness (QED) is 0.238. The Kier molecular flexibility index (Phi) is 12.7. The molecule has 0 atom stereocenters. The maximum absolute atomic E-state index is 11.5. The molecule has 0 bridgehead atoms. The lowest BCUT2D eigenvalue weighted by atomic mass is 9.75. The van der Waals surface area contributed by atoms with Crippen molar-refractivity contribution in [2.45, 2.75) is 156 Å². The van der Waals surface area contributed by atoms with Crippen LogP contribution in [0, 0.1) is 0 Å². The highest BCUT2D eigenvalue weighted by atomic mass is 16.3. The van der Waals surface area contributed by atoms with E-state index in [4.69, 9.17) is 0 Å². The highest BCUT2D eigenvalue weighted by molar-refractivity contribution is 5.79. The van der Waals surface area contributed by atoms with Crippen molar-refractivity contribution < 1.29 is 5.11 Å². The first-order valence-electron chi connectivity index (χ1n) is 15.5. The van der Waals surface area contributed by atoms with Gasteiger partial charge in [0.25, 0.3) is 0 Å². The van der Waals surface area contributed by atoms with Crippen LogP contribution in [0.25, 0.3) is 11.1 Å². The Morgan fingerprint density at radius 3 is 1.51 bits per heavy atom. The fraction of sp³-hybridized carbons (Fsp3) is 0.667. The molecule has 1 N–H and O–H groups in total. The highest BCUT2D eigenvalue weighted by Gasteiger charge is 2.27. The SMILES string of the molecule is CCCCCCCCc1ccc(-c2c(O)cc(CCCCCCCC)cc2C(C)(C)C)c(C(C)(C)C)c1. The van der Waals surface area contributed by atoms with Gasteiger partial charge in [-0.1, -0.05) is 144 Å². The van der Waals surface area contributed by atoms with Crippen molar-refractivity contribution >= 4 is 0 Å². The second kappa shape index (κ2) is 15.0. The summed E-state index contributed by atoms with van der Waals surface area (Å²) >= 11 is 0. The summed E-state index contributed by atoms with van der Waals surface area (Å²) in [7, 11) is 0. The third kappa shape index (κ3) is 10.1. The van der Waals surface area contributed by atoms with Crippen molar-refractivity contribution in [3.8, 4) is 16.9 Å². The molecule has 0 saturated heterocycles. The summed E-state index contributed by atoms with van der Waals surface area (Å²) in [5, 5.41) is 11.5. The van der Waals surface area contributed by atoms with E-state index in [1.165, 1.54) is 105 Å². The van der Waals surface area contributed by atoms with Gasteiger partial charge in [-0.3, -0.25) is 0 Å². The molecule has 0 aliphatic carbocycles. The summed E-state index contributed by atoms with van der Waals surface area (Å²) in [6.45, 7) is 18.3. The molecule has 0 unspecified atom stereocenters. The summed E-state index contributed by atoms with van der Waals surface area (Å²) in [5.74, 6) is 0.447. The van der Waals surface area contributed by atoms with E-state index in [2.05, 4.69) is 79.7 Å². The second-order valence-corrected chi connectivity index (χ2v) is 13.5. The molecule has 0 fully saturated rings. The molecule has 0 aromatic heterocycles. The number of hydrogen-bond donors (Lipinski definition) is 1. The molecule has 1 heteroatoms. The molecule has 37 heavy (non-hydrogen) atoms. The van der Waals surface area contributed by atoms with Crippen LogP contribution >= 0.6 is 0 Å². The third-order valence-electron chi connectivity index (χ3n) is 7.78. The van der Waals surface area contributed by atoms with Gasteiger partial charge in [0.1, 0.15) is 5.75 Å². The van der Waals surface area contributed by atoms with Crippen molar-refractivity contribution in [1.29, 1.82) is 0 Å². The maximum atomic E-state index is 11.5. The van der Waals surface area contributed by atoms with Crippen LogP contribution in [0.5, 0.6) is 5.75 Å². The fourth-order valence-corrected chi connectivity index (χ4v) is 5.51. The molecule has 0 radical (unpaired) electrons. The molecule has 2 rings (SSSR count). The lowest BCUT2D eigenvalue weighted by Gasteiger charge is -2.29. The lowest BCUT2D eigenvalue weighted by Crippen LogP contribution is -2.17. The van der Waals surface area contributed by atoms with Gasteiger partial charge in [-0.25, -0.2) is 0 Å². The summed E-state index contributed by atoms with van der Waals surface area (Å²) in [4.78, 5) is 0. The van der Waals surface area contributed by atoms with E-state index < -0.39 is 0 Å². The Balaban J connectivity index is 2.34. The molecule has 0 aliphatic rings. The van der Waals surface area contributed by atoms with E-state index in [-0.39, 0.29) is 10.8 Å². The smallest absolute Gasteiger partial charge is 0.123 e. The van der Waals surface area contributed by atoms with E-state index in [9.17, 15) is 5.11 Å². The maximum Gasteiger partial charge on any atom is 0.123 e. The van der Waals surface area contributed by atoms with E-state index in [0.29, 0.717) is 5.75 Å². The summed E-state index contributed by atoms with van der Waals surface area (Å²) in [6, 6.07) is 11.5. The highest BCUT2D eigenvalue weighted by Crippen LogP contribution is 2.44. The van der Waals surface area contributed by atoms with Gasteiger partial charge in [0.2, 0.25) is 0 Å². The van der Waals surface area contributed by atoms with Crippen molar-refractivity contribution in [2.75, 3.05) is 0 Å². The molecule has 208 valence electrons. The van der Waals surface area contributed by atoms with Gasteiger partial charge in [-0.05, 0) is 70.4 Å². The minimum atomic E-state index is -0.0454. The topological polar surface area (TPSA) is 20.2 Å². The van der Waals surface area contributed by atoms with Gasteiger partial charge in [-0.15, -0.1) is 0 Å². The largest absolute Gasteiger partial charge is 0.507 e. The van der Waals surface area contributed by atoms with Crippen LogP contribution in [0.15, 0.2) is 30.3 Å². The molecule has 2 aromatic rings. The minimum absolute atomic E-state index is 0.00518. The molecule has 0 heterocycles. The molecule has 0 aliphatic heterocycles. The molecule has 1 nitrogen and oxygen atoms in total. The first-order valence-corrected chi connectivity index (χ1v) is 15.5. The van der Waals surface area contributed by atoms with Crippen LogP contribution in [0.3, 0.4) is 0 Å². The van der Waals surface area contributed by atoms with Gasteiger partial charge < -0.3 is 5.11 Å². The molecular weight excluding hydrogens is 448 g/mol. The van der Waals surface area contributed by atoms with Crippen LogP contribution in [0.1, 0.15) is 155 Å². The zero-order chi connectivity index (χ0) is 27.5. The number of phenolic OH excluding ortho intramolecular Hbond substituents is 1. The van der Waals surface area contributed by atoms with Crippen LogP contribution in [0.4, 0.5) is 0 Å². The van der Waals surface area contributed by atoms with Crippen LogP contribution < -0.4 is 0 Å². The van der Waals surface area contributed by atoms with Gasteiger partial charge in [0, 0.05) is 5.56 Å². The Hall–Kier alpha value is -1.76. The first kappa shape index (κ1) is 31.5. The Bertz CT molecular complexity index is 938. The zero-order valence-electron chi connectivity index (χ0n) is 25.7. The predicted octanol–water partition coefficient (Wildman–Crippen LogP) is 11.5. The van der Waals surface area contributed by atoms with Crippen molar-refractivity contribution in [2.24, 2.45) is 0 Å². The average molecular weight is 507 g/mol. The molecule has 2 aromatic carbocycles. The van der Waals surface area contributed by atoms with Crippen LogP contribution in [0.2, 0.25) is 0 Å². The third-order valence-corrected chi connectivity index (χ3v) is 7.78. The normalized spacial score (nSPS) is 12.3. The number of phenols is 1. The number of benzene rings is 2. The van der Waals surface area contributed by atoms with E-state index >= 15 is 0 Å². The summed E-state index contributed by atoms with van der Waals surface area (Å²) in [5.41, 5.74) is 7.52. The monoisotopic (exact) mass is 506 g/mol.